The van der Waals surface area contributed by atoms with Crippen molar-refractivity contribution in [3.63, 3.8) is 0 Å². The lowest BCUT2D eigenvalue weighted by molar-refractivity contribution is 0.0980. The van der Waals surface area contributed by atoms with E-state index in [2.05, 4.69) is 0 Å². The van der Waals surface area contributed by atoms with Crippen molar-refractivity contribution in [2.75, 3.05) is 16.7 Å². The van der Waals surface area contributed by atoms with Crippen molar-refractivity contribution in [1.82, 2.24) is 0 Å². The fourth-order valence-electron chi connectivity index (χ4n) is 2.79. The summed E-state index contributed by atoms with van der Waals surface area (Å²) in [6.45, 7) is 0. The van der Waals surface area contributed by atoms with Gasteiger partial charge in [-0.25, -0.2) is 8.42 Å². The summed E-state index contributed by atoms with van der Waals surface area (Å²) in [6.07, 6.45) is 0.784. The summed E-state index contributed by atoms with van der Waals surface area (Å²) in [5, 5.41) is 0. The quantitative estimate of drug-likeness (QED) is 0.430. The molecule has 9 nitrogen and oxygen atoms in total. The second-order valence-electron chi connectivity index (χ2n) is 5.64. The standard InChI is InChI=1S/C15H12N2O7S2/c1-25(20,21)17-9-6-10(26(22,23)24)13(16)12-11(9)14(18)7-4-2-3-5-8(7)15(12)19/h2-6,17H,16H2,1H3,(H,22,23,24). The lowest BCUT2D eigenvalue weighted by Crippen LogP contribution is -2.26. The van der Waals surface area contributed by atoms with Crippen LogP contribution >= 0.6 is 0 Å². The Hall–Kier alpha value is -2.76. The SMILES string of the molecule is CS(=O)(=O)Nc1cc(S(=O)(=O)O)c(N)c2c1C(=O)c1ccccc1C2=O. The van der Waals surface area contributed by atoms with Crippen LogP contribution in [0.25, 0.3) is 0 Å². The first-order valence-electron chi connectivity index (χ1n) is 7.02. The summed E-state index contributed by atoms with van der Waals surface area (Å²) in [6, 6.07) is 6.49. The average molecular weight is 396 g/mol. The summed E-state index contributed by atoms with van der Waals surface area (Å²) in [4.78, 5) is 24.7. The fourth-order valence-corrected chi connectivity index (χ4v) is 3.99. The topological polar surface area (TPSA) is 161 Å². The second kappa shape index (κ2) is 5.62. The van der Waals surface area contributed by atoms with E-state index in [-0.39, 0.29) is 16.7 Å². The first-order valence-corrected chi connectivity index (χ1v) is 10.3. The Balaban J connectivity index is 2.46. The highest BCUT2D eigenvalue weighted by molar-refractivity contribution is 7.92. The van der Waals surface area contributed by atoms with E-state index in [0.29, 0.717) is 6.07 Å². The number of ketones is 2. The van der Waals surface area contributed by atoms with Crippen molar-refractivity contribution < 1.29 is 31.0 Å². The van der Waals surface area contributed by atoms with Crippen LogP contribution in [0.1, 0.15) is 31.8 Å². The maximum absolute atomic E-state index is 12.8. The molecule has 0 fully saturated rings. The van der Waals surface area contributed by atoms with Gasteiger partial charge in [0.25, 0.3) is 10.1 Å². The fraction of sp³-hybridized carbons (Fsp3) is 0.0667. The molecule has 0 heterocycles. The highest BCUT2D eigenvalue weighted by atomic mass is 32.2. The molecule has 0 unspecified atom stereocenters. The summed E-state index contributed by atoms with van der Waals surface area (Å²) < 4.78 is 57.8. The number of rotatable bonds is 3. The molecular weight excluding hydrogens is 384 g/mol. The minimum absolute atomic E-state index is 0.00510. The molecular formula is C15H12N2O7S2. The molecule has 11 heteroatoms. The van der Waals surface area contributed by atoms with Crippen LogP contribution in [0.2, 0.25) is 0 Å². The first kappa shape index (κ1) is 18.0. The van der Waals surface area contributed by atoms with Crippen LogP contribution in [0.4, 0.5) is 11.4 Å². The van der Waals surface area contributed by atoms with Gasteiger partial charge in [0.2, 0.25) is 10.0 Å². The van der Waals surface area contributed by atoms with E-state index >= 15 is 0 Å². The molecule has 2 aromatic rings. The second-order valence-corrected chi connectivity index (χ2v) is 8.78. The number of fused-ring (bicyclic) bond motifs is 2. The normalized spacial score (nSPS) is 13.9. The van der Waals surface area contributed by atoms with Crippen LogP contribution < -0.4 is 10.5 Å². The zero-order valence-corrected chi connectivity index (χ0v) is 14.8. The number of carbonyl (C=O) groups excluding carboxylic acids is 2. The van der Waals surface area contributed by atoms with Gasteiger partial charge in [-0.05, 0) is 6.07 Å². The third-order valence-electron chi connectivity index (χ3n) is 3.77. The Kier molecular flexibility index (Phi) is 3.90. The smallest absolute Gasteiger partial charge is 0.296 e. The number of carbonyl (C=O) groups is 2. The Labute approximate surface area is 148 Å². The zero-order valence-electron chi connectivity index (χ0n) is 13.2. The number of nitrogen functional groups attached to an aromatic ring is 1. The van der Waals surface area contributed by atoms with Crippen LogP contribution in [0.3, 0.4) is 0 Å². The molecule has 136 valence electrons. The predicted molar refractivity (Wildman–Crippen MR) is 92.4 cm³/mol. The Morgan fingerprint density at radius 2 is 1.46 bits per heavy atom. The van der Waals surface area contributed by atoms with E-state index < -0.39 is 53.5 Å². The van der Waals surface area contributed by atoms with Gasteiger partial charge in [0.1, 0.15) is 4.90 Å². The van der Waals surface area contributed by atoms with Crippen molar-refractivity contribution >= 4 is 43.1 Å². The van der Waals surface area contributed by atoms with Crippen molar-refractivity contribution in [1.29, 1.82) is 0 Å². The molecule has 3 rings (SSSR count). The summed E-state index contributed by atoms with van der Waals surface area (Å²) in [5.41, 5.74) is 3.83. The molecule has 1 aliphatic rings. The largest absolute Gasteiger partial charge is 0.397 e. The number of hydrogen-bond donors (Lipinski definition) is 3. The third kappa shape index (κ3) is 2.85. The molecule has 0 atom stereocenters. The first-order chi connectivity index (χ1) is 11.9. The Bertz CT molecular complexity index is 1200. The molecule has 0 bridgehead atoms. The minimum Gasteiger partial charge on any atom is -0.397 e. The molecule has 0 spiro atoms. The van der Waals surface area contributed by atoms with E-state index in [4.69, 9.17) is 5.73 Å². The van der Waals surface area contributed by atoms with E-state index in [1.54, 1.807) is 0 Å². The van der Waals surface area contributed by atoms with Crippen molar-refractivity contribution in [3.8, 4) is 0 Å². The molecule has 0 aliphatic heterocycles. The van der Waals surface area contributed by atoms with Gasteiger partial charge >= 0.3 is 0 Å². The lowest BCUT2D eigenvalue weighted by atomic mass is 9.82. The van der Waals surface area contributed by atoms with E-state index in [0.717, 1.165) is 6.26 Å². The number of nitrogens with two attached hydrogens (primary N) is 1. The van der Waals surface area contributed by atoms with Crippen molar-refractivity contribution in [2.24, 2.45) is 0 Å². The van der Waals surface area contributed by atoms with E-state index in [9.17, 15) is 31.0 Å². The van der Waals surface area contributed by atoms with Gasteiger partial charge < -0.3 is 5.73 Å². The van der Waals surface area contributed by atoms with Crippen molar-refractivity contribution in [3.05, 3.63) is 52.6 Å². The van der Waals surface area contributed by atoms with Crippen LogP contribution in [0, 0.1) is 0 Å². The highest BCUT2D eigenvalue weighted by Gasteiger charge is 2.36. The summed E-state index contributed by atoms with van der Waals surface area (Å²) in [5.74, 6) is -1.45. The molecule has 0 aromatic heterocycles. The number of hydrogen-bond acceptors (Lipinski definition) is 7. The van der Waals surface area contributed by atoms with Gasteiger partial charge in [-0.15, -0.1) is 0 Å². The van der Waals surface area contributed by atoms with Gasteiger partial charge in [-0.1, -0.05) is 24.3 Å². The third-order valence-corrected chi connectivity index (χ3v) is 5.26. The molecule has 2 aromatic carbocycles. The highest BCUT2D eigenvalue weighted by Crippen LogP contribution is 2.39. The van der Waals surface area contributed by atoms with Crippen LogP contribution in [-0.4, -0.2) is 39.2 Å². The molecule has 4 N–H and O–H groups in total. The number of nitrogens with one attached hydrogen (secondary N) is 1. The minimum atomic E-state index is -4.89. The molecule has 26 heavy (non-hydrogen) atoms. The molecule has 1 aliphatic carbocycles. The maximum Gasteiger partial charge on any atom is 0.296 e. The van der Waals surface area contributed by atoms with Crippen LogP contribution in [-0.2, 0) is 20.1 Å². The molecule has 0 saturated carbocycles. The molecule has 0 saturated heterocycles. The maximum atomic E-state index is 12.8. The number of benzene rings is 2. The summed E-state index contributed by atoms with van der Waals surface area (Å²) >= 11 is 0. The monoisotopic (exact) mass is 396 g/mol. The zero-order chi connectivity index (χ0) is 19.4. The van der Waals surface area contributed by atoms with Gasteiger partial charge in [0.05, 0.1) is 28.8 Å². The average Bonchev–Trinajstić information content (AvgIpc) is 2.51. The van der Waals surface area contributed by atoms with Crippen LogP contribution in [0.15, 0.2) is 35.2 Å². The van der Waals surface area contributed by atoms with Gasteiger partial charge in [0, 0.05) is 11.1 Å². The van der Waals surface area contributed by atoms with Gasteiger partial charge in [0.15, 0.2) is 11.6 Å². The van der Waals surface area contributed by atoms with Crippen LogP contribution in [0.5, 0.6) is 0 Å². The van der Waals surface area contributed by atoms with Crippen molar-refractivity contribution in [2.45, 2.75) is 4.90 Å². The summed E-state index contributed by atoms with van der Waals surface area (Å²) in [7, 11) is -8.82. The molecule has 0 radical (unpaired) electrons. The molecule has 0 amide bonds. The number of anilines is 2. The number of sulfonamides is 1. The Morgan fingerprint density at radius 1 is 0.962 bits per heavy atom. The van der Waals surface area contributed by atoms with E-state index in [1.807, 2.05) is 4.72 Å². The lowest BCUT2D eigenvalue weighted by Gasteiger charge is -2.23. The Morgan fingerprint density at radius 3 is 1.92 bits per heavy atom. The predicted octanol–water partition coefficient (Wildman–Crippen LogP) is 0.662. The van der Waals surface area contributed by atoms with Gasteiger partial charge in [-0.3, -0.25) is 18.9 Å². The van der Waals surface area contributed by atoms with E-state index in [1.165, 1.54) is 24.3 Å². The van der Waals surface area contributed by atoms with Gasteiger partial charge in [-0.2, -0.15) is 8.42 Å².